The number of benzene rings is 2. The van der Waals surface area contributed by atoms with Gasteiger partial charge in [0, 0.05) is 5.92 Å². The van der Waals surface area contributed by atoms with E-state index in [4.69, 9.17) is 0 Å². The smallest absolute Gasteiger partial charge is 0.0502 e. The van der Waals surface area contributed by atoms with Gasteiger partial charge in [-0.05, 0) is 37.0 Å². The van der Waals surface area contributed by atoms with Crippen LogP contribution in [0.2, 0.25) is 0 Å². The molecule has 1 N–H and O–H groups in total. The quantitative estimate of drug-likeness (QED) is 0.865. The average Bonchev–Trinajstić information content (AvgIpc) is 2.39. The van der Waals surface area contributed by atoms with Crippen molar-refractivity contribution in [1.82, 2.24) is 0 Å². The molecule has 0 aliphatic carbocycles. The number of hydrogen-bond donors (Lipinski definition) is 1. The fourth-order valence-corrected chi connectivity index (χ4v) is 2.23. The molecular formula is C17H20O. The Balaban J connectivity index is 2.20. The molecule has 18 heavy (non-hydrogen) atoms. The Kier molecular flexibility index (Phi) is 4.16. The summed E-state index contributed by atoms with van der Waals surface area (Å²) in [6.07, 6.45) is 0.895. The molecule has 0 fully saturated rings. The minimum absolute atomic E-state index is 0.187. The number of aryl methyl sites for hydroxylation is 2. The lowest BCUT2D eigenvalue weighted by Crippen LogP contribution is -2.08. The van der Waals surface area contributed by atoms with E-state index in [1.54, 1.807) is 0 Å². The molecule has 0 aromatic heterocycles. The van der Waals surface area contributed by atoms with Crippen LogP contribution in [-0.2, 0) is 6.42 Å². The van der Waals surface area contributed by atoms with E-state index >= 15 is 0 Å². The second kappa shape index (κ2) is 5.83. The third-order valence-electron chi connectivity index (χ3n) is 3.50. The van der Waals surface area contributed by atoms with Gasteiger partial charge in [-0.1, -0.05) is 54.1 Å². The van der Waals surface area contributed by atoms with Crippen molar-refractivity contribution in [3.05, 3.63) is 70.8 Å². The summed E-state index contributed by atoms with van der Waals surface area (Å²) in [6, 6.07) is 16.8. The third kappa shape index (κ3) is 2.99. The molecule has 1 unspecified atom stereocenters. The first-order valence-electron chi connectivity index (χ1n) is 6.42. The molecule has 2 aromatic carbocycles. The summed E-state index contributed by atoms with van der Waals surface area (Å²) in [4.78, 5) is 0. The molecule has 0 amide bonds. The molecule has 0 saturated carbocycles. The molecule has 0 aliphatic heterocycles. The van der Waals surface area contributed by atoms with E-state index in [-0.39, 0.29) is 12.5 Å². The zero-order chi connectivity index (χ0) is 13.0. The second-order valence-corrected chi connectivity index (χ2v) is 4.92. The maximum absolute atomic E-state index is 9.60. The van der Waals surface area contributed by atoms with E-state index in [2.05, 4.69) is 62.4 Å². The molecule has 1 heteroatoms. The summed E-state index contributed by atoms with van der Waals surface area (Å²) in [7, 11) is 0. The van der Waals surface area contributed by atoms with Gasteiger partial charge >= 0.3 is 0 Å². The van der Waals surface area contributed by atoms with Gasteiger partial charge < -0.3 is 5.11 Å². The Bertz CT molecular complexity index is 499. The van der Waals surface area contributed by atoms with E-state index in [1.807, 2.05) is 0 Å². The molecule has 0 radical (unpaired) electrons. The molecule has 94 valence electrons. The monoisotopic (exact) mass is 240 g/mol. The molecule has 2 aromatic rings. The molecule has 0 spiro atoms. The number of hydrogen-bond acceptors (Lipinski definition) is 1. The van der Waals surface area contributed by atoms with Gasteiger partial charge in [0.05, 0.1) is 6.61 Å². The van der Waals surface area contributed by atoms with Crippen LogP contribution in [0.4, 0.5) is 0 Å². The Hall–Kier alpha value is -1.60. The Labute approximate surface area is 109 Å². The highest BCUT2D eigenvalue weighted by molar-refractivity contribution is 5.30. The van der Waals surface area contributed by atoms with Crippen LogP contribution in [-0.4, -0.2) is 11.7 Å². The van der Waals surface area contributed by atoms with Crippen LogP contribution in [0, 0.1) is 13.8 Å². The summed E-state index contributed by atoms with van der Waals surface area (Å²) >= 11 is 0. The van der Waals surface area contributed by atoms with Crippen molar-refractivity contribution >= 4 is 0 Å². The minimum Gasteiger partial charge on any atom is -0.396 e. The molecule has 0 aliphatic rings. The van der Waals surface area contributed by atoms with Crippen molar-refractivity contribution < 1.29 is 5.11 Å². The standard InChI is InChI=1S/C17H20O/c1-13-7-9-15(10-8-13)17(12-18)11-16-6-4-3-5-14(16)2/h3-10,17-18H,11-12H2,1-2H3. The third-order valence-corrected chi connectivity index (χ3v) is 3.50. The van der Waals surface area contributed by atoms with Crippen LogP contribution >= 0.6 is 0 Å². The van der Waals surface area contributed by atoms with E-state index in [0.29, 0.717) is 0 Å². The van der Waals surface area contributed by atoms with Crippen LogP contribution in [0.5, 0.6) is 0 Å². The maximum atomic E-state index is 9.60. The average molecular weight is 240 g/mol. The number of aliphatic hydroxyl groups excluding tert-OH is 1. The summed E-state index contributed by atoms with van der Waals surface area (Å²) in [5.41, 5.74) is 5.08. The topological polar surface area (TPSA) is 20.2 Å². The van der Waals surface area contributed by atoms with E-state index in [1.165, 1.54) is 22.3 Å². The summed E-state index contributed by atoms with van der Waals surface area (Å²) in [5.74, 6) is 0.187. The van der Waals surface area contributed by atoms with Crippen LogP contribution in [0.1, 0.15) is 28.2 Å². The van der Waals surface area contributed by atoms with E-state index in [0.717, 1.165) is 6.42 Å². The Morgan fingerprint density at radius 2 is 1.61 bits per heavy atom. The summed E-state index contributed by atoms with van der Waals surface area (Å²) < 4.78 is 0. The van der Waals surface area contributed by atoms with Crippen molar-refractivity contribution in [3.63, 3.8) is 0 Å². The lowest BCUT2D eigenvalue weighted by Gasteiger charge is -2.16. The van der Waals surface area contributed by atoms with Gasteiger partial charge in [-0.2, -0.15) is 0 Å². The van der Waals surface area contributed by atoms with Gasteiger partial charge in [-0.25, -0.2) is 0 Å². The van der Waals surface area contributed by atoms with Crippen molar-refractivity contribution in [1.29, 1.82) is 0 Å². The first-order chi connectivity index (χ1) is 8.70. The largest absolute Gasteiger partial charge is 0.396 e. The van der Waals surface area contributed by atoms with Crippen LogP contribution < -0.4 is 0 Å². The zero-order valence-corrected chi connectivity index (χ0v) is 11.1. The van der Waals surface area contributed by atoms with Gasteiger partial charge in [-0.15, -0.1) is 0 Å². The fraction of sp³-hybridized carbons (Fsp3) is 0.294. The zero-order valence-electron chi connectivity index (χ0n) is 11.1. The van der Waals surface area contributed by atoms with E-state index in [9.17, 15) is 5.11 Å². The highest BCUT2D eigenvalue weighted by Gasteiger charge is 2.12. The first kappa shape index (κ1) is 12.8. The lowest BCUT2D eigenvalue weighted by atomic mass is 9.90. The second-order valence-electron chi connectivity index (χ2n) is 4.92. The van der Waals surface area contributed by atoms with E-state index < -0.39 is 0 Å². The molecule has 1 atom stereocenters. The molecule has 0 heterocycles. The van der Waals surface area contributed by atoms with Crippen LogP contribution in [0.3, 0.4) is 0 Å². The number of aliphatic hydroxyl groups is 1. The molecule has 0 saturated heterocycles. The summed E-state index contributed by atoms with van der Waals surface area (Å²) in [6.45, 7) is 4.40. The van der Waals surface area contributed by atoms with Gasteiger partial charge in [0.25, 0.3) is 0 Å². The highest BCUT2D eigenvalue weighted by atomic mass is 16.3. The van der Waals surface area contributed by atoms with Gasteiger partial charge in [0.2, 0.25) is 0 Å². The van der Waals surface area contributed by atoms with Gasteiger partial charge in [0.15, 0.2) is 0 Å². The van der Waals surface area contributed by atoms with Crippen LogP contribution in [0.25, 0.3) is 0 Å². The highest BCUT2D eigenvalue weighted by Crippen LogP contribution is 2.22. The lowest BCUT2D eigenvalue weighted by molar-refractivity contribution is 0.264. The van der Waals surface area contributed by atoms with Crippen molar-refractivity contribution in [2.75, 3.05) is 6.61 Å². The molecule has 0 bridgehead atoms. The van der Waals surface area contributed by atoms with Crippen LogP contribution in [0.15, 0.2) is 48.5 Å². The minimum atomic E-state index is 0.187. The molecule has 2 rings (SSSR count). The van der Waals surface area contributed by atoms with Gasteiger partial charge in [-0.3, -0.25) is 0 Å². The summed E-state index contributed by atoms with van der Waals surface area (Å²) in [5, 5.41) is 9.60. The Morgan fingerprint density at radius 1 is 0.944 bits per heavy atom. The number of rotatable bonds is 4. The van der Waals surface area contributed by atoms with Crippen molar-refractivity contribution in [3.8, 4) is 0 Å². The first-order valence-corrected chi connectivity index (χ1v) is 6.42. The predicted octanol–water partition coefficient (Wildman–Crippen LogP) is 3.62. The van der Waals surface area contributed by atoms with Crippen molar-refractivity contribution in [2.45, 2.75) is 26.2 Å². The van der Waals surface area contributed by atoms with Crippen molar-refractivity contribution in [2.24, 2.45) is 0 Å². The maximum Gasteiger partial charge on any atom is 0.0502 e. The predicted molar refractivity (Wildman–Crippen MR) is 75.9 cm³/mol. The Morgan fingerprint density at radius 3 is 2.22 bits per heavy atom. The molecular weight excluding hydrogens is 220 g/mol. The molecule has 1 nitrogen and oxygen atoms in total. The normalized spacial score (nSPS) is 12.4. The SMILES string of the molecule is Cc1ccc(C(CO)Cc2ccccc2C)cc1. The fourth-order valence-electron chi connectivity index (χ4n) is 2.23. The van der Waals surface area contributed by atoms with Gasteiger partial charge in [0.1, 0.15) is 0 Å².